The van der Waals surface area contributed by atoms with Crippen LogP contribution < -0.4 is 4.90 Å². The summed E-state index contributed by atoms with van der Waals surface area (Å²) in [4.78, 5) is 101. The van der Waals surface area contributed by atoms with Crippen molar-refractivity contribution in [1.29, 1.82) is 0 Å². The zero-order chi connectivity index (χ0) is 58.3. The van der Waals surface area contributed by atoms with E-state index in [2.05, 4.69) is 32.7 Å². The molecule has 0 radical (unpaired) electrons. The first kappa shape index (κ1) is 71.1. The second kappa shape index (κ2) is 47.7. The number of pyridine rings is 1. The molecule has 0 saturated carbocycles. The average Bonchev–Trinajstić information content (AvgIpc) is 3.69. The van der Waals surface area contributed by atoms with Crippen molar-refractivity contribution in [2.24, 2.45) is 11.8 Å². The van der Waals surface area contributed by atoms with E-state index in [1.807, 2.05) is 24.1 Å². The predicted molar refractivity (Wildman–Crippen MR) is 311 cm³/mol. The van der Waals surface area contributed by atoms with Gasteiger partial charge in [0.05, 0.1) is 57.9 Å². The second-order valence-corrected chi connectivity index (χ2v) is 22.1. The van der Waals surface area contributed by atoms with Gasteiger partial charge >= 0.3 is 41.9 Å². The fourth-order valence-corrected chi connectivity index (χ4v) is 9.66. The Kier molecular flexibility index (Phi) is 42.4. The van der Waals surface area contributed by atoms with Crippen molar-refractivity contribution in [2.75, 3.05) is 64.7 Å². The molecule has 1 fully saturated rings. The number of amides is 1. The van der Waals surface area contributed by atoms with Crippen LogP contribution in [0.25, 0.3) is 0 Å². The highest BCUT2D eigenvalue weighted by atomic mass is 16.6. The van der Waals surface area contributed by atoms with Crippen molar-refractivity contribution in [3.05, 3.63) is 24.5 Å². The average molecular weight is 1130 g/mol. The first-order valence-corrected chi connectivity index (χ1v) is 31.4. The minimum Gasteiger partial charge on any atom is -0.465 e. The minimum atomic E-state index is -0.656. The van der Waals surface area contributed by atoms with Crippen LogP contribution in [0.1, 0.15) is 246 Å². The van der Waals surface area contributed by atoms with Crippen LogP contribution in [0.2, 0.25) is 0 Å². The topological polar surface area (TPSA) is 203 Å². The summed E-state index contributed by atoms with van der Waals surface area (Å²) in [7, 11) is 1.88. The normalized spacial score (nSPS) is 14.3. The maximum Gasteiger partial charge on any atom is 0.410 e. The molecule has 0 spiro atoms. The molecule has 0 unspecified atom stereocenters. The van der Waals surface area contributed by atoms with E-state index in [9.17, 15) is 33.6 Å². The van der Waals surface area contributed by atoms with Crippen LogP contribution >= 0.6 is 0 Å². The van der Waals surface area contributed by atoms with Gasteiger partial charge in [-0.2, -0.15) is 0 Å². The Morgan fingerprint density at radius 3 is 1.12 bits per heavy atom. The van der Waals surface area contributed by atoms with Crippen molar-refractivity contribution in [3.63, 3.8) is 0 Å². The molecule has 1 aromatic rings. The van der Waals surface area contributed by atoms with Crippen LogP contribution in [0.5, 0.6) is 0 Å². The highest BCUT2D eigenvalue weighted by Crippen LogP contribution is 2.26. The molecule has 1 aromatic heterocycles. The van der Waals surface area contributed by atoms with Gasteiger partial charge in [-0.1, -0.05) is 169 Å². The van der Waals surface area contributed by atoms with Gasteiger partial charge in [0.1, 0.15) is 19.8 Å². The van der Waals surface area contributed by atoms with Gasteiger partial charge in [-0.05, 0) is 50.7 Å². The zero-order valence-corrected chi connectivity index (χ0v) is 50.4. The number of aromatic nitrogens is 1. The van der Waals surface area contributed by atoms with E-state index in [0.29, 0.717) is 57.9 Å². The lowest BCUT2D eigenvalue weighted by atomic mass is 10.1. The number of ether oxygens (including phenoxy) is 7. The third kappa shape index (κ3) is 36.4. The van der Waals surface area contributed by atoms with Crippen molar-refractivity contribution in [1.82, 2.24) is 9.88 Å². The SMILES string of the molecule is CCCCCCCCC(=O)OCC(COC(=O)CCCCCCCC)CC(=O)OC[C@@H]1CCCC[C@@H](COC(=O)CC(COC(=O)CCCCCCCC)COC(=O)CCCCCCCC)N1C(=O)OCCN(C)c1ccncc1. The van der Waals surface area contributed by atoms with Gasteiger partial charge in [0.15, 0.2) is 0 Å². The molecule has 17 nitrogen and oxygen atoms in total. The Labute approximate surface area is 481 Å². The van der Waals surface area contributed by atoms with E-state index in [-0.39, 0.29) is 109 Å². The number of nitrogens with zero attached hydrogens (tertiary/aromatic N) is 3. The van der Waals surface area contributed by atoms with Gasteiger partial charge in [0.25, 0.3) is 0 Å². The molecule has 0 aliphatic carbocycles. The number of unbranched alkanes of at least 4 members (excludes halogenated alkanes) is 20. The van der Waals surface area contributed by atoms with Gasteiger partial charge in [-0.25, -0.2) is 4.79 Å². The number of hydrogen-bond acceptors (Lipinski definition) is 16. The molecule has 0 aromatic carbocycles. The maximum atomic E-state index is 14.3. The van der Waals surface area contributed by atoms with Crippen LogP contribution in [0.4, 0.5) is 10.5 Å². The van der Waals surface area contributed by atoms with Crippen molar-refractivity contribution in [2.45, 2.75) is 258 Å². The molecule has 458 valence electrons. The Hall–Kier alpha value is -4.96. The van der Waals surface area contributed by atoms with Gasteiger partial charge in [0.2, 0.25) is 0 Å². The molecule has 1 saturated heterocycles. The number of likely N-dealkylation sites (tertiary alicyclic amines) is 1. The molecule has 1 aliphatic heterocycles. The minimum absolute atomic E-state index is 0.0286. The molecule has 0 N–H and O–H groups in total. The molecular formula is C63H107N3O14. The summed E-state index contributed by atoms with van der Waals surface area (Å²) in [6.07, 6.45) is 30.1. The lowest BCUT2D eigenvalue weighted by molar-refractivity contribution is -0.156. The third-order valence-electron chi connectivity index (χ3n) is 14.7. The summed E-state index contributed by atoms with van der Waals surface area (Å²) in [6, 6.07) is 2.40. The molecule has 80 heavy (non-hydrogen) atoms. The molecule has 0 bridgehead atoms. The van der Waals surface area contributed by atoms with E-state index in [4.69, 9.17) is 33.2 Å². The first-order valence-electron chi connectivity index (χ1n) is 31.4. The summed E-state index contributed by atoms with van der Waals surface area (Å²) < 4.78 is 40.3. The van der Waals surface area contributed by atoms with Crippen LogP contribution in [0.15, 0.2) is 24.5 Å². The maximum absolute atomic E-state index is 14.3. The standard InChI is InChI=1S/C63H107N3O14/c1-6-10-14-18-22-26-34-57(67)75-46-52(47-76-58(68)35-27-23-19-15-11-7-2)44-61(71)79-50-55-32-30-31-33-56(66(55)63(73)74-43-42-65(5)54-38-40-64-41-39-54)51-80-62(72)45-53(48-77-59(69)36-28-24-20-16-12-8-3)49-78-60(70)37-29-25-21-17-13-9-4/h38-41,52-53,55-56H,6-37,42-51H2,1-5H3/t55-,56-/m0/s1. The van der Waals surface area contributed by atoms with Gasteiger partial charge in [0, 0.05) is 62.6 Å². The van der Waals surface area contributed by atoms with E-state index < -0.39 is 42.0 Å². The van der Waals surface area contributed by atoms with Crippen LogP contribution in [-0.4, -0.2) is 124 Å². The van der Waals surface area contributed by atoms with Gasteiger partial charge < -0.3 is 38.1 Å². The lowest BCUT2D eigenvalue weighted by Crippen LogP contribution is -2.51. The number of rotatable bonds is 48. The number of hydrogen-bond donors (Lipinski definition) is 0. The van der Waals surface area contributed by atoms with E-state index >= 15 is 0 Å². The van der Waals surface area contributed by atoms with Crippen LogP contribution in [0, 0.1) is 11.8 Å². The Morgan fingerprint density at radius 1 is 0.463 bits per heavy atom. The summed E-state index contributed by atoms with van der Waals surface area (Å²) in [5, 5.41) is 0. The molecule has 2 heterocycles. The summed E-state index contributed by atoms with van der Waals surface area (Å²) >= 11 is 0. The smallest absolute Gasteiger partial charge is 0.410 e. The summed E-state index contributed by atoms with van der Waals surface area (Å²) in [6.45, 7) is 8.15. The number of carbonyl (C=O) groups excluding carboxylic acids is 7. The molecule has 1 amide bonds. The number of likely N-dealkylation sites (N-methyl/N-ethyl adjacent to an activating group) is 1. The fourth-order valence-electron chi connectivity index (χ4n) is 9.66. The van der Waals surface area contributed by atoms with Crippen molar-refractivity contribution < 1.29 is 66.7 Å². The largest absolute Gasteiger partial charge is 0.465 e. The quantitative estimate of drug-likeness (QED) is 0.0338. The second-order valence-electron chi connectivity index (χ2n) is 22.1. The number of esters is 6. The van der Waals surface area contributed by atoms with Gasteiger partial charge in [-0.3, -0.25) is 38.7 Å². The molecule has 2 atom stereocenters. The predicted octanol–water partition coefficient (Wildman–Crippen LogP) is 13.5. The summed E-state index contributed by atoms with van der Waals surface area (Å²) in [5.41, 5.74) is 0.886. The van der Waals surface area contributed by atoms with Crippen LogP contribution in [0.3, 0.4) is 0 Å². The van der Waals surface area contributed by atoms with Crippen LogP contribution in [-0.2, 0) is 61.9 Å². The zero-order valence-electron chi connectivity index (χ0n) is 50.4. The molecule has 17 heteroatoms. The molecular weight excluding hydrogens is 1020 g/mol. The number of anilines is 1. The van der Waals surface area contributed by atoms with E-state index in [1.165, 1.54) is 4.90 Å². The third-order valence-corrected chi connectivity index (χ3v) is 14.7. The number of carbonyl (C=O) groups is 7. The lowest BCUT2D eigenvalue weighted by Gasteiger charge is -2.35. The Balaban J connectivity index is 2.22. The Bertz CT molecular complexity index is 1640. The van der Waals surface area contributed by atoms with E-state index in [0.717, 1.165) is 134 Å². The molecule has 2 rings (SSSR count). The van der Waals surface area contributed by atoms with Crippen molar-refractivity contribution >= 4 is 47.6 Å². The highest BCUT2D eigenvalue weighted by molar-refractivity contribution is 5.73. The molecule has 1 aliphatic rings. The van der Waals surface area contributed by atoms with E-state index in [1.54, 1.807) is 12.4 Å². The monoisotopic (exact) mass is 1130 g/mol. The van der Waals surface area contributed by atoms with Crippen molar-refractivity contribution in [3.8, 4) is 0 Å². The Morgan fingerprint density at radius 2 is 0.787 bits per heavy atom. The first-order chi connectivity index (χ1) is 38.9. The van der Waals surface area contributed by atoms with Gasteiger partial charge in [-0.15, -0.1) is 0 Å². The highest BCUT2D eigenvalue weighted by Gasteiger charge is 2.36. The fraction of sp³-hybridized carbons (Fsp3) is 0.810. The summed E-state index contributed by atoms with van der Waals surface area (Å²) in [5.74, 6) is -4.01.